The lowest BCUT2D eigenvalue weighted by molar-refractivity contribution is 0.299. The van der Waals surface area contributed by atoms with Crippen molar-refractivity contribution in [1.82, 2.24) is 30.4 Å². The van der Waals surface area contributed by atoms with Crippen LogP contribution in [0.15, 0.2) is 35.7 Å². The standard InChI is InChI=1S/C21H29N7/c1-3-15-5-4-6-18-17(13-24-19(15)18)7-10-23-21(22-2)28-11-8-16(9-12-28)20-25-14-26-27-20/h4-6,13-14,16,24H,3,7-12H2,1-2H3,(H,22,23)(H,25,26,27). The molecule has 1 aromatic carbocycles. The number of likely N-dealkylation sites (tertiary alicyclic amines) is 1. The smallest absolute Gasteiger partial charge is 0.193 e. The molecule has 0 spiro atoms. The van der Waals surface area contributed by atoms with Crippen LogP contribution in [0.25, 0.3) is 10.9 Å². The fraction of sp³-hybridized carbons (Fsp3) is 0.476. The molecule has 7 nitrogen and oxygen atoms in total. The van der Waals surface area contributed by atoms with Crippen LogP contribution in [-0.2, 0) is 12.8 Å². The van der Waals surface area contributed by atoms with Gasteiger partial charge in [0, 0.05) is 49.7 Å². The molecule has 3 aromatic rings. The van der Waals surface area contributed by atoms with Crippen molar-refractivity contribution in [2.24, 2.45) is 4.99 Å². The van der Waals surface area contributed by atoms with E-state index < -0.39 is 0 Å². The number of aliphatic imine (C=N–C) groups is 1. The number of piperidine rings is 1. The van der Waals surface area contributed by atoms with Gasteiger partial charge in [0.05, 0.1) is 0 Å². The van der Waals surface area contributed by atoms with Crippen LogP contribution in [0.5, 0.6) is 0 Å². The summed E-state index contributed by atoms with van der Waals surface area (Å²) in [4.78, 5) is 14.6. The molecular formula is C21H29N7. The molecule has 1 fully saturated rings. The van der Waals surface area contributed by atoms with Gasteiger partial charge in [0.2, 0.25) is 0 Å². The van der Waals surface area contributed by atoms with E-state index >= 15 is 0 Å². The number of benzene rings is 1. The Morgan fingerprint density at radius 3 is 2.86 bits per heavy atom. The van der Waals surface area contributed by atoms with Gasteiger partial charge in [0.15, 0.2) is 5.96 Å². The van der Waals surface area contributed by atoms with Gasteiger partial charge in [-0.1, -0.05) is 25.1 Å². The van der Waals surface area contributed by atoms with E-state index in [0.717, 1.165) is 57.1 Å². The Hall–Kier alpha value is -2.83. The molecular weight excluding hydrogens is 350 g/mol. The summed E-state index contributed by atoms with van der Waals surface area (Å²) in [5, 5.41) is 11.9. The molecule has 0 unspecified atom stereocenters. The molecule has 1 aliphatic rings. The van der Waals surface area contributed by atoms with Crippen molar-refractivity contribution >= 4 is 16.9 Å². The van der Waals surface area contributed by atoms with E-state index in [1.54, 1.807) is 6.33 Å². The van der Waals surface area contributed by atoms with Gasteiger partial charge >= 0.3 is 0 Å². The summed E-state index contributed by atoms with van der Waals surface area (Å²) >= 11 is 0. The zero-order chi connectivity index (χ0) is 19.3. The number of aromatic nitrogens is 4. The largest absolute Gasteiger partial charge is 0.361 e. The third kappa shape index (κ3) is 3.74. The van der Waals surface area contributed by atoms with E-state index in [1.165, 1.54) is 22.0 Å². The number of para-hydroxylation sites is 1. The normalized spacial score (nSPS) is 16.1. The van der Waals surface area contributed by atoms with Crippen molar-refractivity contribution in [3.05, 3.63) is 47.7 Å². The van der Waals surface area contributed by atoms with E-state index in [1.807, 2.05) is 7.05 Å². The van der Waals surface area contributed by atoms with Crippen LogP contribution in [0.4, 0.5) is 0 Å². The van der Waals surface area contributed by atoms with Gasteiger partial charge in [-0.15, -0.1) is 0 Å². The van der Waals surface area contributed by atoms with Crippen molar-refractivity contribution in [2.45, 2.75) is 38.5 Å². The Balaban J connectivity index is 1.32. The first-order valence-electron chi connectivity index (χ1n) is 10.2. The molecule has 148 valence electrons. The summed E-state index contributed by atoms with van der Waals surface area (Å²) in [7, 11) is 1.87. The summed E-state index contributed by atoms with van der Waals surface area (Å²) in [5.74, 6) is 2.47. The Morgan fingerprint density at radius 2 is 2.14 bits per heavy atom. The van der Waals surface area contributed by atoms with Crippen LogP contribution in [0.3, 0.4) is 0 Å². The zero-order valence-corrected chi connectivity index (χ0v) is 16.7. The Labute approximate surface area is 165 Å². The van der Waals surface area contributed by atoms with Crippen molar-refractivity contribution in [3.63, 3.8) is 0 Å². The third-order valence-corrected chi connectivity index (χ3v) is 5.77. The molecule has 0 radical (unpaired) electrons. The minimum absolute atomic E-state index is 0.468. The SMILES string of the molecule is CCc1cccc2c(CCNC(=NC)N3CCC(c4ncn[nH]4)CC3)c[nH]c12. The van der Waals surface area contributed by atoms with Crippen LogP contribution < -0.4 is 5.32 Å². The fourth-order valence-electron chi connectivity index (χ4n) is 4.19. The molecule has 4 rings (SSSR count). The van der Waals surface area contributed by atoms with Crippen molar-refractivity contribution in [2.75, 3.05) is 26.7 Å². The molecule has 0 bridgehead atoms. The zero-order valence-electron chi connectivity index (χ0n) is 16.7. The first-order valence-corrected chi connectivity index (χ1v) is 10.2. The molecule has 0 atom stereocenters. The second-order valence-electron chi connectivity index (χ2n) is 7.36. The number of hydrogen-bond donors (Lipinski definition) is 3. The van der Waals surface area contributed by atoms with E-state index in [9.17, 15) is 0 Å². The van der Waals surface area contributed by atoms with Crippen LogP contribution in [0.1, 0.15) is 42.6 Å². The predicted molar refractivity (Wildman–Crippen MR) is 113 cm³/mol. The first-order chi connectivity index (χ1) is 13.8. The summed E-state index contributed by atoms with van der Waals surface area (Å²) in [6, 6.07) is 6.57. The number of guanidine groups is 1. The summed E-state index contributed by atoms with van der Waals surface area (Å²) in [6.45, 7) is 5.04. The molecule has 0 amide bonds. The number of nitrogens with zero attached hydrogens (tertiary/aromatic N) is 4. The molecule has 3 N–H and O–H groups in total. The highest BCUT2D eigenvalue weighted by atomic mass is 15.3. The Bertz CT molecular complexity index is 918. The number of H-pyrrole nitrogens is 2. The van der Waals surface area contributed by atoms with Crippen molar-refractivity contribution in [3.8, 4) is 0 Å². The van der Waals surface area contributed by atoms with Gasteiger partial charge < -0.3 is 15.2 Å². The molecule has 0 aliphatic carbocycles. The highest BCUT2D eigenvalue weighted by Gasteiger charge is 2.24. The number of aromatic amines is 2. The predicted octanol–water partition coefficient (Wildman–Crippen LogP) is 2.85. The number of aryl methyl sites for hydroxylation is 1. The summed E-state index contributed by atoms with van der Waals surface area (Å²) in [5.41, 5.74) is 4.01. The van der Waals surface area contributed by atoms with Crippen LogP contribution in [0, 0.1) is 0 Å². The molecule has 3 heterocycles. The number of nitrogens with one attached hydrogen (secondary N) is 3. The van der Waals surface area contributed by atoms with Gasteiger partial charge in [0.25, 0.3) is 0 Å². The number of hydrogen-bond acceptors (Lipinski definition) is 3. The maximum Gasteiger partial charge on any atom is 0.193 e. The highest BCUT2D eigenvalue weighted by molar-refractivity contribution is 5.86. The van der Waals surface area contributed by atoms with Gasteiger partial charge in [-0.05, 0) is 36.8 Å². The number of rotatable bonds is 5. The number of fused-ring (bicyclic) bond motifs is 1. The topological polar surface area (TPSA) is 85.0 Å². The van der Waals surface area contributed by atoms with E-state index in [-0.39, 0.29) is 0 Å². The molecule has 28 heavy (non-hydrogen) atoms. The van der Waals surface area contributed by atoms with Crippen molar-refractivity contribution in [1.29, 1.82) is 0 Å². The molecule has 1 aliphatic heterocycles. The minimum atomic E-state index is 0.468. The quantitative estimate of drug-likeness (QED) is 0.470. The minimum Gasteiger partial charge on any atom is -0.361 e. The second-order valence-corrected chi connectivity index (χ2v) is 7.36. The first kappa shape index (κ1) is 18.5. The van der Waals surface area contributed by atoms with E-state index in [4.69, 9.17) is 0 Å². The van der Waals surface area contributed by atoms with Gasteiger partial charge in [-0.3, -0.25) is 10.1 Å². The molecule has 0 saturated carbocycles. The highest BCUT2D eigenvalue weighted by Crippen LogP contribution is 2.25. The lowest BCUT2D eigenvalue weighted by Crippen LogP contribution is -2.45. The van der Waals surface area contributed by atoms with Gasteiger partial charge in [-0.25, -0.2) is 4.98 Å². The lowest BCUT2D eigenvalue weighted by Gasteiger charge is -2.33. The Morgan fingerprint density at radius 1 is 1.29 bits per heavy atom. The van der Waals surface area contributed by atoms with Crippen molar-refractivity contribution < 1.29 is 0 Å². The van der Waals surface area contributed by atoms with Crippen LogP contribution in [0.2, 0.25) is 0 Å². The molecule has 7 heteroatoms. The van der Waals surface area contributed by atoms with E-state index in [2.05, 4.69) is 66.7 Å². The maximum absolute atomic E-state index is 4.50. The molecule has 2 aromatic heterocycles. The summed E-state index contributed by atoms with van der Waals surface area (Å²) in [6.07, 6.45) is 7.90. The molecule has 1 saturated heterocycles. The Kier molecular flexibility index (Phi) is 5.60. The van der Waals surface area contributed by atoms with E-state index in [0.29, 0.717) is 5.92 Å². The fourth-order valence-corrected chi connectivity index (χ4v) is 4.19. The maximum atomic E-state index is 4.50. The average Bonchev–Trinajstić information content (AvgIpc) is 3.42. The van der Waals surface area contributed by atoms with Crippen LogP contribution in [-0.4, -0.2) is 57.7 Å². The monoisotopic (exact) mass is 379 g/mol. The van der Waals surface area contributed by atoms with Gasteiger partial charge in [-0.2, -0.15) is 5.10 Å². The van der Waals surface area contributed by atoms with Crippen LogP contribution >= 0.6 is 0 Å². The second kappa shape index (κ2) is 8.46. The third-order valence-electron chi connectivity index (χ3n) is 5.77. The summed E-state index contributed by atoms with van der Waals surface area (Å²) < 4.78 is 0. The van der Waals surface area contributed by atoms with Gasteiger partial charge in [0.1, 0.15) is 12.2 Å². The average molecular weight is 380 g/mol. The lowest BCUT2D eigenvalue weighted by atomic mass is 9.96.